The predicted octanol–water partition coefficient (Wildman–Crippen LogP) is 3.33. The zero-order chi connectivity index (χ0) is 19.8. The number of likely N-dealkylation sites (N-methyl/N-ethyl adjacent to an activating group) is 1. The van der Waals surface area contributed by atoms with Gasteiger partial charge in [0.15, 0.2) is 0 Å². The fourth-order valence-electron chi connectivity index (χ4n) is 2.43. The first kappa shape index (κ1) is 21.8. The maximum absolute atomic E-state index is 12.5. The Morgan fingerprint density at radius 3 is 2.48 bits per heavy atom. The number of amides is 1. The van der Waals surface area contributed by atoms with Gasteiger partial charge in [0.2, 0.25) is 5.91 Å². The summed E-state index contributed by atoms with van der Waals surface area (Å²) in [7, 11) is 5.48. The number of nitrogens with one attached hydrogen (secondary N) is 1. The number of nitrogens with zero attached hydrogens (tertiary/aromatic N) is 1. The summed E-state index contributed by atoms with van der Waals surface area (Å²) < 4.78 is 6.13. The first-order chi connectivity index (χ1) is 12.9. The molecular formula is C20H25BrN2O3S. The molecule has 1 amide bonds. The SMILES string of the molecule is COc1ccc(C(Sc2ccccc2Br)C(O)C(=O)NCCN(C)C)cc1. The molecule has 0 aromatic heterocycles. The molecule has 0 spiro atoms. The fraction of sp³-hybridized carbons (Fsp3) is 0.350. The Balaban J connectivity index is 2.22. The van der Waals surface area contributed by atoms with E-state index in [0.717, 1.165) is 20.7 Å². The van der Waals surface area contributed by atoms with Crippen LogP contribution in [0.15, 0.2) is 57.9 Å². The fourth-order valence-corrected chi connectivity index (χ4v) is 4.15. The molecule has 2 N–H and O–H groups in total. The van der Waals surface area contributed by atoms with Crippen LogP contribution in [0, 0.1) is 0 Å². The van der Waals surface area contributed by atoms with Gasteiger partial charge in [-0.2, -0.15) is 0 Å². The lowest BCUT2D eigenvalue weighted by atomic mass is 10.1. The van der Waals surface area contributed by atoms with E-state index in [-0.39, 0.29) is 5.91 Å². The molecule has 0 aliphatic heterocycles. The molecule has 0 aliphatic carbocycles. The number of ether oxygens (including phenoxy) is 1. The van der Waals surface area contributed by atoms with Crippen molar-refractivity contribution in [2.75, 3.05) is 34.3 Å². The smallest absolute Gasteiger partial charge is 0.250 e. The van der Waals surface area contributed by atoms with Crippen LogP contribution < -0.4 is 10.1 Å². The van der Waals surface area contributed by atoms with Gasteiger partial charge in [-0.25, -0.2) is 0 Å². The molecule has 5 nitrogen and oxygen atoms in total. The lowest BCUT2D eigenvalue weighted by molar-refractivity contribution is -0.129. The van der Waals surface area contributed by atoms with E-state index in [1.54, 1.807) is 7.11 Å². The van der Waals surface area contributed by atoms with E-state index in [2.05, 4.69) is 21.2 Å². The average molecular weight is 453 g/mol. The molecule has 2 rings (SSSR count). The number of carbonyl (C=O) groups excluding carboxylic acids is 1. The van der Waals surface area contributed by atoms with E-state index in [1.807, 2.05) is 67.5 Å². The van der Waals surface area contributed by atoms with Gasteiger partial charge in [-0.05, 0) is 59.9 Å². The van der Waals surface area contributed by atoms with Crippen molar-refractivity contribution in [1.29, 1.82) is 0 Å². The predicted molar refractivity (Wildman–Crippen MR) is 113 cm³/mol. The Morgan fingerprint density at radius 2 is 1.89 bits per heavy atom. The van der Waals surface area contributed by atoms with Crippen LogP contribution in [0.2, 0.25) is 0 Å². The molecule has 2 atom stereocenters. The van der Waals surface area contributed by atoms with Crippen molar-refractivity contribution in [3.8, 4) is 5.75 Å². The van der Waals surface area contributed by atoms with Gasteiger partial charge in [0.1, 0.15) is 11.9 Å². The summed E-state index contributed by atoms with van der Waals surface area (Å²) >= 11 is 4.98. The highest BCUT2D eigenvalue weighted by molar-refractivity contribution is 9.10. The summed E-state index contributed by atoms with van der Waals surface area (Å²) in [6.45, 7) is 1.20. The second kappa shape index (κ2) is 10.7. The molecule has 146 valence electrons. The molecule has 0 aliphatic rings. The lowest BCUT2D eigenvalue weighted by Crippen LogP contribution is -2.40. The van der Waals surface area contributed by atoms with E-state index in [0.29, 0.717) is 13.1 Å². The highest BCUT2D eigenvalue weighted by atomic mass is 79.9. The molecule has 27 heavy (non-hydrogen) atoms. The van der Waals surface area contributed by atoms with Crippen LogP contribution in [0.3, 0.4) is 0 Å². The van der Waals surface area contributed by atoms with Gasteiger partial charge >= 0.3 is 0 Å². The molecule has 0 radical (unpaired) electrons. The number of halogens is 1. The molecule has 0 bridgehead atoms. The maximum atomic E-state index is 12.5. The van der Waals surface area contributed by atoms with Crippen molar-refractivity contribution in [3.63, 3.8) is 0 Å². The third-order valence-corrected chi connectivity index (χ3v) is 6.30. The molecule has 0 saturated carbocycles. The van der Waals surface area contributed by atoms with E-state index in [1.165, 1.54) is 11.8 Å². The van der Waals surface area contributed by atoms with Crippen LogP contribution in [0.4, 0.5) is 0 Å². The molecule has 2 aromatic rings. The van der Waals surface area contributed by atoms with Crippen molar-refractivity contribution < 1.29 is 14.6 Å². The molecule has 0 saturated heterocycles. The highest BCUT2D eigenvalue weighted by Crippen LogP contribution is 2.41. The van der Waals surface area contributed by atoms with E-state index < -0.39 is 11.4 Å². The van der Waals surface area contributed by atoms with E-state index >= 15 is 0 Å². The standard InChI is InChI=1S/C20H25BrN2O3S/c1-23(2)13-12-22-20(25)18(24)19(14-8-10-15(26-3)11-9-14)27-17-7-5-4-6-16(17)21/h4-11,18-19,24H,12-13H2,1-3H3,(H,22,25). The van der Waals surface area contributed by atoms with Gasteiger partial charge in [-0.3, -0.25) is 4.79 Å². The minimum absolute atomic E-state index is 0.378. The molecule has 2 aromatic carbocycles. The Morgan fingerprint density at radius 1 is 1.22 bits per heavy atom. The lowest BCUT2D eigenvalue weighted by Gasteiger charge is -2.23. The molecular weight excluding hydrogens is 428 g/mol. The third kappa shape index (κ3) is 6.53. The Bertz CT molecular complexity index is 740. The van der Waals surface area contributed by atoms with E-state index in [9.17, 15) is 9.90 Å². The number of aliphatic hydroxyl groups excluding tert-OH is 1. The van der Waals surface area contributed by atoms with Gasteiger partial charge in [0.25, 0.3) is 0 Å². The minimum atomic E-state index is -1.18. The monoisotopic (exact) mass is 452 g/mol. The van der Waals surface area contributed by atoms with Crippen molar-refractivity contribution in [2.24, 2.45) is 0 Å². The summed E-state index contributed by atoms with van der Waals surface area (Å²) in [5.41, 5.74) is 0.854. The zero-order valence-corrected chi connectivity index (χ0v) is 18.1. The number of hydrogen-bond acceptors (Lipinski definition) is 5. The number of methoxy groups -OCH3 is 1. The highest BCUT2D eigenvalue weighted by Gasteiger charge is 2.29. The molecule has 0 heterocycles. The van der Waals surface area contributed by atoms with Gasteiger partial charge in [-0.1, -0.05) is 24.3 Å². The van der Waals surface area contributed by atoms with Crippen molar-refractivity contribution >= 4 is 33.6 Å². The second-order valence-corrected chi connectivity index (χ2v) is 8.32. The molecule has 0 fully saturated rings. The average Bonchev–Trinajstić information content (AvgIpc) is 2.66. The number of carbonyl (C=O) groups is 1. The summed E-state index contributed by atoms with van der Waals surface area (Å²) in [6, 6.07) is 15.2. The number of hydrogen-bond donors (Lipinski definition) is 2. The number of rotatable bonds is 9. The Hall–Kier alpha value is -1.54. The summed E-state index contributed by atoms with van der Waals surface area (Å²) in [6.07, 6.45) is -1.18. The quantitative estimate of drug-likeness (QED) is 0.571. The molecule has 7 heteroatoms. The Kier molecular flexibility index (Phi) is 8.63. The van der Waals surface area contributed by atoms with Gasteiger partial charge in [-0.15, -0.1) is 11.8 Å². The largest absolute Gasteiger partial charge is 0.497 e. The van der Waals surface area contributed by atoms with Crippen LogP contribution in [-0.4, -0.2) is 56.3 Å². The van der Waals surface area contributed by atoms with Crippen molar-refractivity contribution in [3.05, 3.63) is 58.6 Å². The summed E-state index contributed by atoms with van der Waals surface area (Å²) in [4.78, 5) is 15.4. The first-order valence-electron chi connectivity index (χ1n) is 8.58. The van der Waals surface area contributed by atoms with E-state index in [4.69, 9.17) is 4.74 Å². The van der Waals surface area contributed by atoms with Gasteiger partial charge in [0.05, 0.1) is 12.4 Å². The topological polar surface area (TPSA) is 61.8 Å². The normalized spacial score (nSPS) is 13.3. The Labute approximate surface area is 173 Å². The van der Waals surface area contributed by atoms with Crippen molar-refractivity contribution in [1.82, 2.24) is 10.2 Å². The first-order valence-corrected chi connectivity index (χ1v) is 10.2. The number of benzene rings is 2. The minimum Gasteiger partial charge on any atom is -0.497 e. The summed E-state index contributed by atoms with van der Waals surface area (Å²) in [5.74, 6) is 0.352. The summed E-state index contributed by atoms with van der Waals surface area (Å²) in [5, 5.41) is 13.1. The van der Waals surface area contributed by atoms with Crippen LogP contribution in [0.25, 0.3) is 0 Å². The second-order valence-electron chi connectivity index (χ2n) is 6.28. The number of thioether (sulfide) groups is 1. The zero-order valence-electron chi connectivity index (χ0n) is 15.7. The van der Waals surface area contributed by atoms with Crippen LogP contribution in [0.1, 0.15) is 10.8 Å². The van der Waals surface area contributed by atoms with Gasteiger partial charge < -0.3 is 20.1 Å². The number of aliphatic hydroxyl groups is 1. The third-order valence-electron chi connectivity index (χ3n) is 3.95. The van der Waals surface area contributed by atoms with Crippen molar-refractivity contribution in [2.45, 2.75) is 16.2 Å². The van der Waals surface area contributed by atoms with Crippen LogP contribution in [-0.2, 0) is 4.79 Å². The maximum Gasteiger partial charge on any atom is 0.250 e. The van der Waals surface area contributed by atoms with Crippen LogP contribution >= 0.6 is 27.7 Å². The van der Waals surface area contributed by atoms with Gasteiger partial charge in [0, 0.05) is 22.5 Å². The van der Waals surface area contributed by atoms with Crippen LogP contribution in [0.5, 0.6) is 5.75 Å². The molecule has 2 unspecified atom stereocenters.